The summed E-state index contributed by atoms with van der Waals surface area (Å²) in [6.45, 7) is 0.0269. The predicted molar refractivity (Wildman–Crippen MR) is 87.5 cm³/mol. The fourth-order valence-corrected chi connectivity index (χ4v) is 3.86. The van der Waals surface area contributed by atoms with Crippen LogP contribution >= 0.6 is 0 Å². The van der Waals surface area contributed by atoms with E-state index in [2.05, 4.69) is 10.6 Å². The highest BCUT2D eigenvalue weighted by Crippen LogP contribution is 2.32. The average Bonchev–Trinajstić information content (AvgIpc) is 2.91. The molecular weight excluding hydrogens is 338 g/mol. The topological polar surface area (TPSA) is 125 Å². The van der Waals surface area contributed by atoms with Crippen molar-refractivity contribution in [3.8, 4) is 5.75 Å². The molecule has 0 atom stereocenters. The number of carbonyl (C=O) groups excluding carboxylic acids is 2. The maximum atomic E-state index is 12.0. The molecule has 0 saturated carbocycles. The zero-order valence-electron chi connectivity index (χ0n) is 13.1. The van der Waals surface area contributed by atoms with E-state index in [-0.39, 0.29) is 24.6 Å². The standard InChI is InChI=1S/C14H19N3O6S/c1-23-12-4-3-10(17-6-2-8-24(17,21)22)9-11(12)16-14(20)13(19)15-5-7-18/h3-4,9,18H,2,5-8H2,1H3,(H,15,19)(H,16,20). The van der Waals surface area contributed by atoms with Crippen molar-refractivity contribution < 1.29 is 27.9 Å². The third kappa shape index (κ3) is 3.95. The maximum Gasteiger partial charge on any atom is 0.313 e. The van der Waals surface area contributed by atoms with Crippen molar-refractivity contribution in [2.75, 3.05) is 42.2 Å². The van der Waals surface area contributed by atoms with Gasteiger partial charge < -0.3 is 20.5 Å². The summed E-state index contributed by atoms with van der Waals surface area (Å²) in [6.07, 6.45) is 0.527. The molecule has 1 fully saturated rings. The van der Waals surface area contributed by atoms with Gasteiger partial charge in [-0.25, -0.2) is 8.42 Å². The molecule has 0 spiro atoms. The van der Waals surface area contributed by atoms with E-state index in [4.69, 9.17) is 9.84 Å². The Balaban J connectivity index is 2.23. The molecule has 0 aromatic heterocycles. The Labute approximate surface area is 139 Å². The molecule has 3 N–H and O–H groups in total. The lowest BCUT2D eigenvalue weighted by atomic mass is 10.2. The SMILES string of the molecule is COc1ccc(N2CCCS2(=O)=O)cc1NC(=O)C(=O)NCCO. The van der Waals surface area contributed by atoms with Gasteiger partial charge in [0.05, 0.1) is 30.8 Å². The fourth-order valence-electron chi connectivity index (χ4n) is 2.31. The van der Waals surface area contributed by atoms with Crippen molar-refractivity contribution in [2.45, 2.75) is 6.42 Å². The lowest BCUT2D eigenvalue weighted by Crippen LogP contribution is -2.37. The summed E-state index contributed by atoms with van der Waals surface area (Å²) in [7, 11) is -1.97. The van der Waals surface area contributed by atoms with Gasteiger partial charge in [-0.2, -0.15) is 0 Å². The van der Waals surface area contributed by atoms with E-state index < -0.39 is 21.8 Å². The van der Waals surface area contributed by atoms with Crippen molar-refractivity contribution in [2.24, 2.45) is 0 Å². The minimum atomic E-state index is -3.36. The minimum Gasteiger partial charge on any atom is -0.495 e. The van der Waals surface area contributed by atoms with Crippen molar-refractivity contribution >= 4 is 33.2 Å². The number of nitrogens with zero attached hydrogens (tertiary/aromatic N) is 1. The molecule has 9 nitrogen and oxygen atoms in total. The highest BCUT2D eigenvalue weighted by molar-refractivity contribution is 7.93. The first-order chi connectivity index (χ1) is 11.4. The van der Waals surface area contributed by atoms with E-state index in [1.807, 2.05) is 0 Å². The molecule has 2 amide bonds. The summed E-state index contributed by atoms with van der Waals surface area (Å²) in [4.78, 5) is 23.4. The van der Waals surface area contributed by atoms with Crippen LogP contribution in [-0.4, -0.2) is 57.9 Å². The van der Waals surface area contributed by atoms with Gasteiger partial charge in [0.2, 0.25) is 10.0 Å². The lowest BCUT2D eigenvalue weighted by molar-refractivity contribution is -0.136. The molecule has 0 unspecified atom stereocenters. The first-order valence-corrected chi connectivity index (χ1v) is 8.88. The molecule has 1 aliphatic heterocycles. The fraction of sp³-hybridized carbons (Fsp3) is 0.429. The van der Waals surface area contributed by atoms with E-state index in [0.717, 1.165) is 0 Å². The second-order valence-corrected chi connectivity index (χ2v) is 7.07. The lowest BCUT2D eigenvalue weighted by Gasteiger charge is -2.19. The number of hydrogen-bond donors (Lipinski definition) is 3. The van der Waals surface area contributed by atoms with Gasteiger partial charge in [0.15, 0.2) is 0 Å². The Morgan fingerprint density at radius 1 is 1.33 bits per heavy atom. The van der Waals surface area contributed by atoms with Crippen LogP contribution < -0.4 is 19.7 Å². The third-order valence-corrected chi connectivity index (χ3v) is 5.29. The van der Waals surface area contributed by atoms with Gasteiger partial charge in [-0.1, -0.05) is 0 Å². The molecule has 1 aliphatic rings. The summed E-state index contributed by atoms with van der Waals surface area (Å²) in [5.74, 6) is -1.49. The number of aliphatic hydroxyl groups is 1. The second-order valence-electron chi connectivity index (χ2n) is 5.06. The van der Waals surface area contributed by atoms with Crippen LogP contribution in [0.5, 0.6) is 5.75 Å². The van der Waals surface area contributed by atoms with Gasteiger partial charge >= 0.3 is 11.8 Å². The number of anilines is 2. The molecule has 10 heteroatoms. The number of hydrogen-bond acceptors (Lipinski definition) is 6. The summed E-state index contributed by atoms with van der Waals surface area (Å²) >= 11 is 0. The molecule has 0 bridgehead atoms. The Hall–Kier alpha value is -2.33. The number of sulfonamides is 1. The van der Waals surface area contributed by atoms with Crippen molar-refractivity contribution in [1.82, 2.24) is 5.32 Å². The van der Waals surface area contributed by atoms with Crippen molar-refractivity contribution in [3.05, 3.63) is 18.2 Å². The van der Waals surface area contributed by atoms with Gasteiger partial charge in [-0.05, 0) is 24.6 Å². The van der Waals surface area contributed by atoms with Crippen molar-refractivity contribution in [1.29, 1.82) is 0 Å². The van der Waals surface area contributed by atoms with Gasteiger partial charge in [0, 0.05) is 13.1 Å². The van der Waals surface area contributed by atoms with Crippen LogP contribution in [0.3, 0.4) is 0 Å². The molecule has 0 aliphatic carbocycles. The second kappa shape index (κ2) is 7.49. The monoisotopic (exact) mass is 357 g/mol. The molecular formula is C14H19N3O6S. The van der Waals surface area contributed by atoms with Gasteiger partial charge in [0.1, 0.15) is 5.75 Å². The Kier molecular flexibility index (Phi) is 5.62. The van der Waals surface area contributed by atoms with Gasteiger partial charge in [0.25, 0.3) is 0 Å². The Morgan fingerprint density at radius 2 is 2.08 bits per heavy atom. The zero-order chi connectivity index (χ0) is 17.7. The number of carbonyl (C=O) groups is 2. The Morgan fingerprint density at radius 3 is 2.67 bits per heavy atom. The molecule has 24 heavy (non-hydrogen) atoms. The number of ether oxygens (including phenoxy) is 1. The summed E-state index contributed by atoms with van der Waals surface area (Å²) in [6, 6.07) is 4.53. The largest absolute Gasteiger partial charge is 0.495 e. The van der Waals surface area contributed by atoms with Crippen molar-refractivity contribution in [3.63, 3.8) is 0 Å². The Bertz CT molecular complexity index is 734. The van der Waals surface area contributed by atoms with E-state index in [1.54, 1.807) is 6.07 Å². The maximum absolute atomic E-state index is 12.0. The zero-order valence-corrected chi connectivity index (χ0v) is 13.9. The van der Waals surface area contributed by atoms with Crippen LogP contribution in [0.2, 0.25) is 0 Å². The molecule has 0 radical (unpaired) electrons. The molecule has 2 rings (SSSR count). The number of amides is 2. The van der Waals surface area contributed by atoms with Gasteiger partial charge in [-0.3, -0.25) is 13.9 Å². The number of rotatable bonds is 5. The van der Waals surface area contributed by atoms with E-state index >= 15 is 0 Å². The summed E-state index contributed by atoms with van der Waals surface area (Å²) < 4.78 is 30.4. The molecule has 1 heterocycles. The molecule has 1 aromatic carbocycles. The number of aliphatic hydroxyl groups excluding tert-OH is 1. The summed E-state index contributed by atoms with van der Waals surface area (Å²) in [5, 5.41) is 13.3. The highest BCUT2D eigenvalue weighted by atomic mass is 32.2. The third-order valence-electron chi connectivity index (χ3n) is 3.42. The smallest absolute Gasteiger partial charge is 0.313 e. The molecule has 132 valence electrons. The van der Waals surface area contributed by atoms with Gasteiger partial charge in [-0.15, -0.1) is 0 Å². The number of methoxy groups -OCH3 is 1. The normalized spacial score (nSPS) is 15.8. The van der Waals surface area contributed by atoms with Crippen LogP contribution in [0.15, 0.2) is 18.2 Å². The van der Waals surface area contributed by atoms with E-state index in [9.17, 15) is 18.0 Å². The quantitative estimate of drug-likeness (QED) is 0.598. The predicted octanol–water partition coefficient (Wildman–Crippen LogP) is -0.718. The van der Waals surface area contributed by atoms with E-state index in [1.165, 1.54) is 23.5 Å². The first-order valence-electron chi connectivity index (χ1n) is 7.27. The van der Waals surface area contributed by atoms with E-state index in [0.29, 0.717) is 24.4 Å². The average molecular weight is 357 g/mol. The van der Waals surface area contributed by atoms with Crippen LogP contribution in [0.4, 0.5) is 11.4 Å². The first kappa shape index (κ1) is 18.0. The van der Waals surface area contributed by atoms with Crippen LogP contribution in [0, 0.1) is 0 Å². The molecule has 1 saturated heterocycles. The van der Waals surface area contributed by atoms with Crippen LogP contribution in [0.25, 0.3) is 0 Å². The number of benzene rings is 1. The van der Waals surface area contributed by atoms with Crippen LogP contribution in [-0.2, 0) is 19.6 Å². The number of nitrogens with one attached hydrogen (secondary N) is 2. The van der Waals surface area contributed by atoms with Crippen LogP contribution in [0.1, 0.15) is 6.42 Å². The summed E-state index contributed by atoms with van der Waals surface area (Å²) in [5.41, 5.74) is 0.570. The molecule has 1 aromatic rings. The minimum absolute atomic E-state index is 0.0462. The highest BCUT2D eigenvalue weighted by Gasteiger charge is 2.29.